The molecule has 0 saturated heterocycles. The van der Waals surface area contributed by atoms with Crippen LogP contribution in [0.1, 0.15) is 20.7 Å². The standard InChI is InChI=1S/C11H11NO3.C9H5ClO2/c1-12(14-2)11(13)9-3-4-10-8(7-9)5-6-15-10;10-9(11)7-1-2-8-6(5-7)3-4-12-8/h3-7H,1-2H3;1-5H. The third-order valence-corrected chi connectivity index (χ3v) is 4.16. The van der Waals surface area contributed by atoms with Gasteiger partial charge in [-0.3, -0.25) is 14.4 Å². The number of nitrogens with zero attached hydrogens (tertiary/aromatic N) is 1. The summed E-state index contributed by atoms with van der Waals surface area (Å²) in [4.78, 5) is 27.3. The third kappa shape index (κ3) is 4.19. The Morgan fingerprint density at radius 3 is 1.93 bits per heavy atom. The van der Waals surface area contributed by atoms with Crippen molar-refractivity contribution in [3.8, 4) is 0 Å². The molecule has 0 saturated carbocycles. The summed E-state index contributed by atoms with van der Waals surface area (Å²) >= 11 is 5.30. The van der Waals surface area contributed by atoms with Crippen molar-refractivity contribution in [2.24, 2.45) is 0 Å². The van der Waals surface area contributed by atoms with Crippen LogP contribution in [0.25, 0.3) is 21.9 Å². The first kappa shape index (κ1) is 18.7. The number of fused-ring (bicyclic) bond motifs is 2. The van der Waals surface area contributed by atoms with Gasteiger partial charge in [0.15, 0.2) is 0 Å². The number of amides is 1. The number of hydroxylamine groups is 2. The summed E-state index contributed by atoms with van der Waals surface area (Å²) in [7, 11) is 3.02. The summed E-state index contributed by atoms with van der Waals surface area (Å²) in [5.41, 5.74) is 2.60. The highest BCUT2D eigenvalue weighted by Gasteiger charge is 2.11. The number of carbonyl (C=O) groups is 2. The molecule has 2 aromatic heterocycles. The summed E-state index contributed by atoms with van der Waals surface area (Å²) in [5.74, 6) is -0.180. The molecule has 7 heteroatoms. The molecule has 0 aliphatic heterocycles. The summed E-state index contributed by atoms with van der Waals surface area (Å²) in [6, 6.07) is 13.9. The number of carbonyl (C=O) groups excluding carboxylic acids is 2. The fourth-order valence-electron chi connectivity index (χ4n) is 2.45. The van der Waals surface area contributed by atoms with Crippen molar-refractivity contribution < 1.29 is 23.3 Å². The molecule has 0 aliphatic rings. The van der Waals surface area contributed by atoms with Crippen molar-refractivity contribution in [1.82, 2.24) is 5.06 Å². The predicted molar refractivity (Wildman–Crippen MR) is 102 cm³/mol. The second-order valence-electron chi connectivity index (χ2n) is 5.61. The Morgan fingerprint density at radius 1 is 0.889 bits per heavy atom. The first-order valence-electron chi connectivity index (χ1n) is 7.96. The monoisotopic (exact) mass is 385 g/mol. The van der Waals surface area contributed by atoms with E-state index in [1.807, 2.05) is 6.07 Å². The van der Waals surface area contributed by atoms with Crippen molar-refractivity contribution in [1.29, 1.82) is 0 Å². The van der Waals surface area contributed by atoms with Crippen LogP contribution in [0.3, 0.4) is 0 Å². The Hall–Kier alpha value is -3.09. The van der Waals surface area contributed by atoms with E-state index >= 15 is 0 Å². The van der Waals surface area contributed by atoms with Crippen LogP contribution in [0, 0.1) is 0 Å². The molecule has 1 amide bonds. The van der Waals surface area contributed by atoms with Gasteiger partial charge in [-0.25, -0.2) is 5.06 Å². The molecule has 27 heavy (non-hydrogen) atoms. The average molecular weight is 386 g/mol. The lowest BCUT2D eigenvalue weighted by Gasteiger charge is -2.13. The number of rotatable bonds is 3. The Morgan fingerprint density at radius 2 is 1.41 bits per heavy atom. The Kier molecular flexibility index (Phi) is 5.59. The highest BCUT2D eigenvalue weighted by atomic mass is 35.5. The van der Waals surface area contributed by atoms with Crippen LogP contribution in [-0.2, 0) is 4.84 Å². The predicted octanol–water partition coefficient (Wildman–Crippen LogP) is 4.88. The summed E-state index contributed by atoms with van der Waals surface area (Å²) in [5, 5.41) is 2.53. The summed E-state index contributed by atoms with van der Waals surface area (Å²) in [6.07, 6.45) is 3.17. The molecule has 0 atom stereocenters. The van der Waals surface area contributed by atoms with Gasteiger partial charge in [-0.15, -0.1) is 0 Å². The molecule has 0 bridgehead atoms. The van der Waals surface area contributed by atoms with E-state index in [1.165, 1.54) is 12.2 Å². The quantitative estimate of drug-likeness (QED) is 0.371. The average Bonchev–Trinajstić information content (AvgIpc) is 3.34. The number of furan rings is 2. The van der Waals surface area contributed by atoms with Gasteiger partial charge in [-0.05, 0) is 60.1 Å². The maximum absolute atomic E-state index is 11.7. The van der Waals surface area contributed by atoms with Gasteiger partial charge in [-0.2, -0.15) is 0 Å². The third-order valence-electron chi connectivity index (χ3n) is 3.94. The molecule has 0 N–H and O–H groups in total. The van der Waals surface area contributed by atoms with E-state index in [0.717, 1.165) is 21.9 Å². The van der Waals surface area contributed by atoms with E-state index < -0.39 is 5.24 Å². The van der Waals surface area contributed by atoms with Crippen molar-refractivity contribution in [3.05, 3.63) is 72.2 Å². The maximum Gasteiger partial charge on any atom is 0.277 e. The molecule has 2 aromatic carbocycles. The minimum absolute atomic E-state index is 0.180. The Labute approximate surface area is 159 Å². The van der Waals surface area contributed by atoms with Gasteiger partial charge in [0.05, 0.1) is 19.6 Å². The lowest BCUT2D eigenvalue weighted by molar-refractivity contribution is -0.0756. The molecule has 0 aliphatic carbocycles. The highest BCUT2D eigenvalue weighted by molar-refractivity contribution is 6.67. The van der Waals surface area contributed by atoms with Gasteiger partial charge in [0.25, 0.3) is 11.1 Å². The van der Waals surface area contributed by atoms with Gasteiger partial charge in [-0.1, -0.05) is 0 Å². The van der Waals surface area contributed by atoms with E-state index in [-0.39, 0.29) is 5.91 Å². The second-order valence-corrected chi connectivity index (χ2v) is 5.95. The maximum atomic E-state index is 11.7. The van der Waals surface area contributed by atoms with Gasteiger partial charge in [0.2, 0.25) is 0 Å². The second kappa shape index (κ2) is 8.07. The molecule has 6 nitrogen and oxygen atoms in total. The normalized spacial score (nSPS) is 10.5. The topological polar surface area (TPSA) is 72.9 Å². The van der Waals surface area contributed by atoms with Crippen molar-refractivity contribution in [2.75, 3.05) is 14.2 Å². The first-order chi connectivity index (χ1) is 13.0. The van der Waals surface area contributed by atoms with Crippen molar-refractivity contribution >= 4 is 44.7 Å². The van der Waals surface area contributed by atoms with E-state index in [0.29, 0.717) is 11.1 Å². The lowest BCUT2D eigenvalue weighted by Crippen LogP contribution is -2.25. The Balaban J connectivity index is 0.000000159. The SMILES string of the molecule is CON(C)C(=O)c1ccc2occc2c1.O=C(Cl)c1ccc2occc2c1. The molecule has 2 heterocycles. The minimum Gasteiger partial charge on any atom is -0.464 e. The Bertz CT molecular complexity index is 1100. The van der Waals surface area contributed by atoms with E-state index in [4.69, 9.17) is 25.3 Å². The number of benzene rings is 2. The number of hydrogen-bond donors (Lipinski definition) is 0. The van der Waals surface area contributed by atoms with Crippen LogP contribution in [0.4, 0.5) is 0 Å². The fourth-order valence-corrected chi connectivity index (χ4v) is 2.57. The zero-order valence-electron chi connectivity index (χ0n) is 14.6. The molecule has 0 radical (unpaired) electrons. The zero-order valence-corrected chi connectivity index (χ0v) is 15.4. The van der Waals surface area contributed by atoms with Crippen molar-refractivity contribution in [2.45, 2.75) is 0 Å². The van der Waals surface area contributed by atoms with Crippen LogP contribution in [0.2, 0.25) is 0 Å². The number of hydrogen-bond acceptors (Lipinski definition) is 5. The molecular formula is C20H16ClNO5. The van der Waals surface area contributed by atoms with E-state index in [2.05, 4.69) is 0 Å². The summed E-state index contributed by atoms with van der Waals surface area (Å²) < 4.78 is 10.3. The first-order valence-corrected chi connectivity index (χ1v) is 8.34. The molecule has 0 spiro atoms. The molecule has 0 unspecified atom stereocenters. The largest absolute Gasteiger partial charge is 0.464 e. The molecule has 0 fully saturated rings. The molecule has 4 aromatic rings. The smallest absolute Gasteiger partial charge is 0.277 e. The molecule has 4 rings (SSSR count). The molecular weight excluding hydrogens is 370 g/mol. The number of halogens is 1. The lowest BCUT2D eigenvalue weighted by atomic mass is 10.1. The fraction of sp³-hybridized carbons (Fsp3) is 0.100. The highest BCUT2D eigenvalue weighted by Crippen LogP contribution is 2.18. The van der Waals surface area contributed by atoms with Crippen LogP contribution < -0.4 is 0 Å². The summed E-state index contributed by atoms with van der Waals surface area (Å²) in [6.45, 7) is 0. The van der Waals surface area contributed by atoms with Crippen LogP contribution in [-0.4, -0.2) is 30.4 Å². The van der Waals surface area contributed by atoms with Crippen LogP contribution >= 0.6 is 11.6 Å². The van der Waals surface area contributed by atoms with Gasteiger partial charge in [0, 0.05) is 28.9 Å². The van der Waals surface area contributed by atoms with Gasteiger partial charge in [0.1, 0.15) is 11.2 Å². The van der Waals surface area contributed by atoms with Crippen LogP contribution in [0.15, 0.2) is 69.9 Å². The minimum atomic E-state index is -0.446. The van der Waals surface area contributed by atoms with Crippen LogP contribution in [0.5, 0.6) is 0 Å². The zero-order chi connectivity index (χ0) is 19.4. The van der Waals surface area contributed by atoms with Gasteiger partial charge < -0.3 is 8.83 Å². The van der Waals surface area contributed by atoms with Gasteiger partial charge >= 0.3 is 0 Å². The molecule has 138 valence electrons. The van der Waals surface area contributed by atoms with E-state index in [1.54, 1.807) is 62.0 Å². The van der Waals surface area contributed by atoms with E-state index in [9.17, 15) is 9.59 Å². The van der Waals surface area contributed by atoms with Crippen molar-refractivity contribution in [3.63, 3.8) is 0 Å².